The number of thioether (sulfide) groups is 1. The summed E-state index contributed by atoms with van der Waals surface area (Å²) < 4.78 is 4.96. The molecule has 0 bridgehead atoms. The third-order valence-electron chi connectivity index (χ3n) is 9.41. The fourth-order valence-electron chi connectivity index (χ4n) is 7.33. The molecule has 0 aliphatic carbocycles. The molecule has 7 aromatic carbocycles. The van der Waals surface area contributed by atoms with Gasteiger partial charge < -0.3 is 9.13 Å². The van der Waals surface area contributed by atoms with Crippen molar-refractivity contribution in [2.45, 2.75) is 30.4 Å². The van der Waals surface area contributed by atoms with E-state index in [1.807, 2.05) is 11.8 Å². The molecule has 0 saturated carbocycles. The van der Waals surface area contributed by atoms with Gasteiger partial charge >= 0.3 is 0 Å². The first-order chi connectivity index (χ1) is 23.9. The van der Waals surface area contributed by atoms with E-state index in [4.69, 9.17) is 0 Å². The van der Waals surface area contributed by atoms with Crippen LogP contribution in [0.3, 0.4) is 0 Å². The minimum Gasteiger partial charge on any atom is -0.309 e. The Kier molecular flexibility index (Phi) is 7.00. The van der Waals surface area contributed by atoms with Crippen LogP contribution in [0.15, 0.2) is 169 Å². The first-order valence-corrected chi connectivity index (χ1v) is 17.8. The summed E-state index contributed by atoms with van der Waals surface area (Å²) in [6, 6.07) is 59.9. The van der Waals surface area contributed by atoms with Gasteiger partial charge in [0, 0.05) is 42.6 Å². The zero-order chi connectivity index (χ0) is 33.1. The van der Waals surface area contributed by atoms with Crippen LogP contribution in [0.2, 0.25) is 0 Å². The van der Waals surface area contributed by atoms with Gasteiger partial charge in [-0.3, -0.25) is 0 Å². The molecule has 49 heavy (non-hydrogen) atoms. The summed E-state index contributed by atoms with van der Waals surface area (Å²) in [5, 5.41) is 5.06. The summed E-state index contributed by atoms with van der Waals surface area (Å²) in [5.41, 5.74) is 12.1. The molecule has 2 aromatic heterocycles. The Morgan fingerprint density at radius 1 is 0.367 bits per heavy atom. The molecule has 2 nitrogen and oxygen atoms in total. The van der Waals surface area contributed by atoms with Crippen molar-refractivity contribution in [2.24, 2.45) is 0 Å². The predicted octanol–water partition coefficient (Wildman–Crippen LogP) is 13.1. The van der Waals surface area contributed by atoms with Gasteiger partial charge in [0.1, 0.15) is 0 Å². The first kappa shape index (κ1) is 29.6. The highest BCUT2D eigenvalue weighted by Crippen LogP contribution is 2.39. The minimum absolute atomic E-state index is 0.148. The molecular formula is C46H36N2S. The van der Waals surface area contributed by atoms with Gasteiger partial charge in [-0.15, -0.1) is 11.8 Å². The SMILES string of the molecule is CC(C)(C)Sc1cccc(-n2c3ccccc3c3cc(-c4ccc5c(c4)c4ccccc4n5-c4ccc(-c5ccccc5)cc4)ccc32)c1. The Morgan fingerprint density at radius 3 is 1.45 bits per heavy atom. The van der Waals surface area contributed by atoms with Crippen LogP contribution in [0, 0.1) is 0 Å². The van der Waals surface area contributed by atoms with Crippen LogP contribution in [-0.2, 0) is 0 Å². The molecule has 0 amide bonds. The molecule has 236 valence electrons. The summed E-state index contributed by atoms with van der Waals surface area (Å²) in [5.74, 6) is 0. The minimum atomic E-state index is 0.148. The van der Waals surface area contributed by atoms with E-state index in [1.54, 1.807) is 0 Å². The number of benzene rings is 7. The van der Waals surface area contributed by atoms with E-state index < -0.39 is 0 Å². The zero-order valence-electron chi connectivity index (χ0n) is 27.9. The van der Waals surface area contributed by atoms with Crippen LogP contribution in [0.4, 0.5) is 0 Å². The lowest BCUT2D eigenvalue weighted by molar-refractivity contribution is 0.803. The largest absolute Gasteiger partial charge is 0.309 e. The van der Waals surface area contributed by atoms with E-state index in [2.05, 4.69) is 194 Å². The van der Waals surface area contributed by atoms with E-state index >= 15 is 0 Å². The van der Waals surface area contributed by atoms with Crippen LogP contribution in [0.25, 0.3) is 77.2 Å². The highest BCUT2D eigenvalue weighted by atomic mass is 32.2. The van der Waals surface area contributed by atoms with E-state index in [-0.39, 0.29) is 4.75 Å². The Balaban J connectivity index is 1.17. The van der Waals surface area contributed by atoms with Crippen molar-refractivity contribution in [3.05, 3.63) is 164 Å². The summed E-state index contributed by atoms with van der Waals surface area (Å²) in [7, 11) is 0. The van der Waals surface area contributed by atoms with Gasteiger partial charge in [-0.2, -0.15) is 0 Å². The van der Waals surface area contributed by atoms with Gasteiger partial charge in [-0.25, -0.2) is 0 Å². The van der Waals surface area contributed by atoms with E-state index in [9.17, 15) is 0 Å². The lowest BCUT2D eigenvalue weighted by Gasteiger charge is -2.18. The number of nitrogens with zero attached hydrogens (tertiary/aromatic N) is 2. The van der Waals surface area contributed by atoms with Gasteiger partial charge in [-0.1, -0.05) is 118 Å². The van der Waals surface area contributed by atoms with Crippen molar-refractivity contribution >= 4 is 55.4 Å². The molecule has 0 aliphatic heterocycles. The monoisotopic (exact) mass is 648 g/mol. The fraction of sp³-hybridized carbons (Fsp3) is 0.0870. The van der Waals surface area contributed by atoms with Crippen molar-refractivity contribution in [3.8, 4) is 33.6 Å². The molecule has 0 spiro atoms. The lowest BCUT2D eigenvalue weighted by atomic mass is 10.0. The van der Waals surface area contributed by atoms with Crippen molar-refractivity contribution < 1.29 is 0 Å². The lowest BCUT2D eigenvalue weighted by Crippen LogP contribution is -2.06. The number of rotatable bonds is 5. The standard InChI is InChI=1S/C46H36N2S/c1-46(2,3)49-37-15-11-14-36(30-37)48-43-19-10-8-17-39(43)41-29-34(23-27-45(41)48)33-22-26-44-40(28-33)38-16-7-9-18-42(38)47(44)35-24-20-32(21-25-35)31-12-5-4-6-13-31/h4-30H,1-3H3. The van der Waals surface area contributed by atoms with Crippen LogP contribution in [-0.4, -0.2) is 13.9 Å². The smallest absolute Gasteiger partial charge is 0.0541 e. The number of fused-ring (bicyclic) bond motifs is 6. The van der Waals surface area contributed by atoms with Gasteiger partial charge in [0.15, 0.2) is 0 Å². The van der Waals surface area contributed by atoms with Crippen molar-refractivity contribution in [3.63, 3.8) is 0 Å². The molecule has 0 N–H and O–H groups in total. The van der Waals surface area contributed by atoms with Crippen molar-refractivity contribution in [1.82, 2.24) is 9.13 Å². The van der Waals surface area contributed by atoms with E-state index in [0.717, 1.165) is 5.69 Å². The second-order valence-electron chi connectivity index (χ2n) is 13.8. The van der Waals surface area contributed by atoms with Gasteiger partial charge in [0.05, 0.1) is 22.1 Å². The average Bonchev–Trinajstić information content (AvgIpc) is 3.64. The highest BCUT2D eigenvalue weighted by Gasteiger charge is 2.17. The summed E-state index contributed by atoms with van der Waals surface area (Å²) in [4.78, 5) is 1.28. The molecular weight excluding hydrogens is 613 g/mol. The van der Waals surface area contributed by atoms with Crippen molar-refractivity contribution in [2.75, 3.05) is 0 Å². The average molecular weight is 649 g/mol. The number of para-hydroxylation sites is 2. The molecule has 3 heteroatoms. The Hall–Kier alpha value is -5.51. The maximum absolute atomic E-state index is 2.42. The number of hydrogen-bond donors (Lipinski definition) is 0. The van der Waals surface area contributed by atoms with Crippen LogP contribution in [0.1, 0.15) is 20.8 Å². The Morgan fingerprint density at radius 2 is 0.857 bits per heavy atom. The number of aromatic nitrogens is 2. The van der Waals surface area contributed by atoms with Gasteiger partial charge in [-0.05, 0) is 89.0 Å². The zero-order valence-corrected chi connectivity index (χ0v) is 28.7. The van der Waals surface area contributed by atoms with E-state index in [0.29, 0.717) is 0 Å². The third kappa shape index (κ3) is 5.22. The Bertz CT molecular complexity index is 2650. The second-order valence-corrected chi connectivity index (χ2v) is 15.7. The summed E-state index contributed by atoms with van der Waals surface area (Å²) in [6.45, 7) is 6.81. The fourth-order valence-corrected chi connectivity index (χ4v) is 8.37. The van der Waals surface area contributed by atoms with Gasteiger partial charge in [0.2, 0.25) is 0 Å². The number of hydrogen-bond acceptors (Lipinski definition) is 1. The van der Waals surface area contributed by atoms with Crippen LogP contribution < -0.4 is 0 Å². The molecule has 2 heterocycles. The maximum Gasteiger partial charge on any atom is 0.0541 e. The summed E-state index contributed by atoms with van der Waals surface area (Å²) >= 11 is 1.91. The second kappa shape index (κ2) is 11.6. The van der Waals surface area contributed by atoms with Crippen LogP contribution in [0.5, 0.6) is 0 Å². The predicted molar refractivity (Wildman–Crippen MR) is 212 cm³/mol. The Labute approximate surface area is 291 Å². The normalized spacial score (nSPS) is 12.1. The third-order valence-corrected chi connectivity index (χ3v) is 10.5. The highest BCUT2D eigenvalue weighted by molar-refractivity contribution is 8.00. The molecule has 0 fully saturated rings. The van der Waals surface area contributed by atoms with E-state index in [1.165, 1.54) is 76.4 Å². The topological polar surface area (TPSA) is 9.86 Å². The quantitative estimate of drug-likeness (QED) is 0.169. The van der Waals surface area contributed by atoms with Crippen molar-refractivity contribution in [1.29, 1.82) is 0 Å². The summed E-state index contributed by atoms with van der Waals surface area (Å²) in [6.07, 6.45) is 0. The van der Waals surface area contributed by atoms with Crippen LogP contribution >= 0.6 is 11.8 Å². The first-order valence-electron chi connectivity index (χ1n) is 16.9. The molecule has 9 rings (SSSR count). The maximum atomic E-state index is 2.42. The van der Waals surface area contributed by atoms with Gasteiger partial charge in [0.25, 0.3) is 0 Å². The molecule has 0 saturated heterocycles. The molecule has 9 aromatic rings. The molecule has 0 atom stereocenters. The molecule has 0 radical (unpaired) electrons. The molecule has 0 aliphatic rings. The molecule has 0 unspecified atom stereocenters.